The zero-order valence-corrected chi connectivity index (χ0v) is 17.4. The molecule has 2 aliphatic rings. The fourth-order valence-corrected chi connectivity index (χ4v) is 5.38. The summed E-state index contributed by atoms with van der Waals surface area (Å²) in [5.74, 6) is 1.78. The van der Waals surface area contributed by atoms with Gasteiger partial charge in [-0.3, -0.25) is 5.10 Å². The molecule has 2 aromatic heterocycles. The Kier molecular flexibility index (Phi) is 4.48. The van der Waals surface area contributed by atoms with Crippen LogP contribution in [-0.4, -0.2) is 33.3 Å². The third kappa shape index (κ3) is 3.05. The Morgan fingerprint density at radius 2 is 2.00 bits per heavy atom. The molecule has 0 amide bonds. The van der Waals surface area contributed by atoms with Gasteiger partial charge in [0, 0.05) is 18.7 Å². The third-order valence-electron chi connectivity index (χ3n) is 6.57. The van der Waals surface area contributed by atoms with E-state index in [1.165, 1.54) is 32.1 Å². The van der Waals surface area contributed by atoms with Crippen molar-refractivity contribution in [1.82, 2.24) is 20.2 Å². The number of piperidine rings is 1. The number of hydrogen-bond acceptors (Lipinski definition) is 4. The van der Waals surface area contributed by atoms with E-state index in [9.17, 15) is 0 Å². The lowest BCUT2D eigenvalue weighted by molar-refractivity contribution is 0.218. The summed E-state index contributed by atoms with van der Waals surface area (Å²) in [6.07, 6.45) is 8.51. The third-order valence-corrected chi connectivity index (χ3v) is 7.39. The largest absolute Gasteiger partial charge is 0.355 e. The van der Waals surface area contributed by atoms with Crippen LogP contribution in [0.15, 0.2) is 24.4 Å². The summed E-state index contributed by atoms with van der Waals surface area (Å²) in [5.41, 5.74) is 3.42. The molecule has 3 aromatic rings. The van der Waals surface area contributed by atoms with Crippen LogP contribution in [0.4, 0.5) is 5.82 Å². The first-order chi connectivity index (χ1) is 13.5. The minimum Gasteiger partial charge on any atom is -0.355 e. The minimum absolute atomic E-state index is 0.493. The van der Waals surface area contributed by atoms with Gasteiger partial charge in [-0.15, -0.1) is 0 Å². The van der Waals surface area contributed by atoms with Gasteiger partial charge in [-0.05, 0) is 43.1 Å². The standard InChI is InChI=1S/C21H23Cl2N5/c1-13-5-6-21(11-13)7-9-28(10-8-21)16-12-24-19-18(26-27-20(19)25-16)14-3-2-4-15(22)17(14)23/h2-4,12-13H,5-11H2,1H3,(H,25,26,27). The van der Waals surface area contributed by atoms with Crippen LogP contribution in [0.3, 0.4) is 0 Å². The van der Waals surface area contributed by atoms with E-state index in [1.54, 1.807) is 6.07 Å². The van der Waals surface area contributed by atoms with E-state index in [-0.39, 0.29) is 0 Å². The Balaban J connectivity index is 1.40. The van der Waals surface area contributed by atoms with Gasteiger partial charge < -0.3 is 4.90 Å². The Morgan fingerprint density at radius 1 is 1.18 bits per heavy atom. The summed E-state index contributed by atoms with van der Waals surface area (Å²) in [6.45, 7) is 4.48. The van der Waals surface area contributed by atoms with Crippen molar-refractivity contribution >= 4 is 40.2 Å². The zero-order chi connectivity index (χ0) is 19.3. The van der Waals surface area contributed by atoms with Crippen LogP contribution in [0.25, 0.3) is 22.4 Å². The molecule has 1 aliphatic heterocycles. The highest BCUT2D eigenvalue weighted by Crippen LogP contribution is 2.49. The van der Waals surface area contributed by atoms with Gasteiger partial charge in [0.15, 0.2) is 0 Å². The average molecular weight is 416 g/mol. The van der Waals surface area contributed by atoms with E-state index < -0.39 is 0 Å². The van der Waals surface area contributed by atoms with Gasteiger partial charge in [-0.25, -0.2) is 9.97 Å². The number of hydrogen-bond donors (Lipinski definition) is 1. The average Bonchev–Trinajstić information content (AvgIpc) is 3.28. The van der Waals surface area contributed by atoms with Crippen molar-refractivity contribution in [2.75, 3.05) is 18.0 Å². The zero-order valence-electron chi connectivity index (χ0n) is 15.9. The molecule has 1 unspecified atom stereocenters. The van der Waals surface area contributed by atoms with Crippen LogP contribution < -0.4 is 4.90 Å². The van der Waals surface area contributed by atoms with Crippen LogP contribution >= 0.6 is 23.2 Å². The van der Waals surface area contributed by atoms with E-state index in [4.69, 9.17) is 28.2 Å². The lowest BCUT2D eigenvalue weighted by Crippen LogP contribution is -2.39. The molecule has 1 saturated heterocycles. The lowest BCUT2D eigenvalue weighted by Gasteiger charge is -2.40. The molecule has 3 heterocycles. The summed E-state index contributed by atoms with van der Waals surface area (Å²) in [5, 5.41) is 8.41. The number of nitrogens with one attached hydrogen (secondary N) is 1. The molecule has 1 N–H and O–H groups in total. The first kappa shape index (κ1) is 18.2. The molecule has 7 heteroatoms. The van der Waals surface area contributed by atoms with Crippen molar-refractivity contribution in [1.29, 1.82) is 0 Å². The number of fused-ring (bicyclic) bond motifs is 1. The highest BCUT2D eigenvalue weighted by molar-refractivity contribution is 6.43. The topological polar surface area (TPSA) is 57.7 Å². The predicted octanol–water partition coefficient (Wildman–Crippen LogP) is 5.73. The second-order valence-electron chi connectivity index (χ2n) is 8.44. The molecule has 0 bridgehead atoms. The van der Waals surface area contributed by atoms with Crippen LogP contribution in [0.5, 0.6) is 0 Å². The molecule has 0 radical (unpaired) electrons. The van der Waals surface area contributed by atoms with Gasteiger partial charge in [-0.2, -0.15) is 5.10 Å². The van der Waals surface area contributed by atoms with Crippen molar-refractivity contribution in [3.05, 3.63) is 34.4 Å². The molecular weight excluding hydrogens is 393 g/mol. The van der Waals surface area contributed by atoms with Crippen LogP contribution in [0.1, 0.15) is 39.0 Å². The predicted molar refractivity (Wildman–Crippen MR) is 114 cm³/mol. The summed E-state index contributed by atoms with van der Waals surface area (Å²) in [7, 11) is 0. The van der Waals surface area contributed by atoms with E-state index in [0.29, 0.717) is 26.6 Å². The molecule has 1 saturated carbocycles. The maximum absolute atomic E-state index is 6.37. The number of H-pyrrole nitrogens is 1. The number of aromatic nitrogens is 4. The molecule has 1 spiro atoms. The summed E-state index contributed by atoms with van der Waals surface area (Å²) >= 11 is 12.5. The number of rotatable bonds is 2. The maximum atomic E-state index is 6.37. The summed E-state index contributed by atoms with van der Waals surface area (Å²) < 4.78 is 0. The lowest BCUT2D eigenvalue weighted by atomic mass is 9.76. The number of benzene rings is 1. The smallest absolute Gasteiger partial charge is 0.202 e. The van der Waals surface area contributed by atoms with E-state index >= 15 is 0 Å². The van der Waals surface area contributed by atoms with Crippen molar-refractivity contribution in [2.24, 2.45) is 11.3 Å². The Labute approximate surface area is 174 Å². The van der Waals surface area contributed by atoms with Crippen LogP contribution in [0, 0.1) is 11.3 Å². The van der Waals surface area contributed by atoms with Crippen LogP contribution in [-0.2, 0) is 0 Å². The van der Waals surface area contributed by atoms with E-state index in [2.05, 4.69) is 27.0 Å². The minimum atomic E-state index is 0.493. The molecule has 5 rings (SSSR count). The second kappa shape index (κ2) is 6.89. The second-order valence-corrected chi connectivity index (χ2v) is 9.22. The number of aromatic amines is 1. The Morgan fingerprint density at radius 3 is 2.75 bits per heavy atom. The Bertz CT molecular complexity index is 1020. The molecule has 1 aliphatic carbocycles. The fourth-order valence-electron chi connectivity index (χ4n) is 4.98. The Hall–Kier alpha value is -1.85. The maximum Gasteiger partial charge on any atom is 0.202 e. The van der Waals surface area contributed by atoms with Gasteiger partial charge in [0.1, 0.15) is 11.3 Å². The van der Waals surface area contributed by atoms with E-state index in [1.807, 2.05) is 18.3 Å². The normalized spacial score (nSPS) is 21.7. The molecule has 2 fully saturated rings. The van der Waals surface area contributed by atoms with Crippen molar-refractivity contribution in [3.63, 3.8) is 0 Å². The quantitative estimate of drug-likeness (QED) is 0.579. The van der Waals surface area contributed by atoms with Crippen LogP contribution in [0.2, 0.25) is 10.0 Å². The molecular formula is C21H23Cl2N5. The van der Waals surface area contributed by atoms with Gasteiger partial charge in [0.05, 0.1) is 21.9 Å². The van der Waals surface area contributed by atoms with Crippen molar-refractivity contribution in [3.8, 4) is 11.3 Å². The number of anilines is 1. The molecule has 28 heavy (non-hydrogen) atoms. The summed E-state index contributed by atoms with van der Waals surface area (Å²) in [4.78, 5) is 11.8. The number of nitrogens with zero attached hydrogens (tertiary/aromatic N) is 4. The molecule has 1 aromatic carbocycles. The fraction of sp³-hybridized carbons (Fsp3) is 0.476. The summed E-state index contributed by atoms with van der Waals surface area (Å²) in [6, 6.07) is 5.54. The monoisotopic (exact) mass is 415 g/mol. The molecule has 5 nitrogen and oxygen atoms in total. The van der Waals surface area contributed by atoms with Gasteiger partial charge in [-0.1, -0.05) is 48.7 Å². The highest BCUT2D eigenvalue weighted by Gasteiger charge is 2.40. The van der Waals surface area contributed by atoms with Crippen molar-refractivity contribution < 1.29 is 0 Å². The first-order valence-electron chi connectivity index (χ1n) is 9.95. The SMILES string of the molecule is CC1CCC2(CCN(c3cnc4c(-c5cccc(Cl)c5Cl)[nH]nc4n3)CC2)C1. The van der Waals surface area contributed by atoms with Gasteiger partial charge in [0.25, 0.3) is 0 Å². The molecule has 1 atom stereocenters. The van der Waals surface area contributed by atoms with Crippen molar-refractivity contribution in [2.45, 2.75) is 39.0 Å². The highest BCUT2D eigenvalue weighted by atomic mass is 35.5. The van der Waals surface area contributed by atoms with E-state index in [0.717, 1.165) is 36.1 Å². The molecule has 146 valence electrons. The van der Waals surface area contributed by atoms with Gasteiger partial charge in [0.2, 0.25) is 5.65 Å². The first-order valence-corrected chi connectivity index (χ1v) is 10.7. The van der Waals surface area contributed by atoms with Gasteiger partial charge >= 0.3 is 0 Å². The number of halogens is 2.